The Morgan fingerprint density at radius 2 is 2.14 bits per heavy atom. The third-order valence-corrected chi connectivity index (χ3v) is 4.90. The van der Waals surface area contributed by atoms with E-state index < -0.39 is 14.9 Å². The molecule has 108 valence electrons. The van der Waals surface area contributed by atoms with Crippen LogP contribution in [0.25, 0.3) is 16.2 Å². The van der Waals surface area contributed by atoms with Crippen LogP contribution in [0.2, 0.25) is 0 Å². The van der Waals surface area contributed by atoms with Crippen molar-refractivity contribution >= 4 is 32.0 Å². The minimum Gasteiger partial charge on any atom is -0.258 e. The standard InChI is InChI=1S/C10H7N5O4S2/c11-21(18,19)10-13-14-8(5-12-9(14)20-10)6-2-1-3-7(4-6)15(16)17/h1-5H,(H2,11,18,19). The molecule has 0 bridgehead atoms. The molecule has 0 atom stereocenters. The first-order valence-electron chi connectivity index (χ1n) is 5.48. The van der Waals surface area contributed by atoms with Gasteiger partial charge >= 0.3 is 0 Å². The second-order valence-electron chi connectivity index (χ2n) is 4.06. The molecule has 0 aliphatic rings. The summed E-state index contributed by atoms with van der Waals surface area (Å²) in [4.78, 5) is 14.6. The molecule has 3 aromatic rings. The summed E-state index contributed by atoms with van der Waals surface area (Å²) >= 11 is 0.824. The van der Waals surface area contributed by atoms with Gasteiger partial charge in [0.25, 0.3) is 15.7 Å². The summed E-state index contributed by atoms with van der Waals surface area (Å²) < 4.78 is 23.6. The van der Waals surface area contributed by atoms with E-state index in [1.165, 1.54) is 28.9 Å². The first-order chi connectivity index (χ1) is 9.86. The van der Waals surface area contributed by atoms with Crippen LogP contribution in [0.3, 0.4) is 0 Å². The lowest BCUT2D eigenvalue weighted by Crippen LogP contribution is -2.12. The molecule has 9 nitrogen and oxygen atoms in total. The van der Waals surface area contributed by atoms with Gasteiger partial charge in [0.15, 0.2) is 0 Å². The molecule has 0 fully saturated rings. The number of nitro benzene ring substituents is 1. The van der Waals surface area contributed by atoms with Crippen LogP contribution in [0, 0.1) is 10.1 Å². The first-order valence-corrected chi connectivity index (χ1v) is 7.85. The van der Waals surface area contributed by atoms with E-state index in [1.807, 2.05) is 0 Å². The Kier molecular flexibility index (Phi) is 2.97. The highest BCUT2D eigenvalue weighted by molar-refractivity contribution is 7.91. The minimum atomic E-state index is -3.92. The van der Waals surface area contributed by atoms with Crippen molar-refractivity contribution in [3.8, 4) is 11.3 Å². The van der Waals surface area contributed by atoms with Gasteiger partial charge in [-0.15, -0.1) is 5.10 Å². The Morgan fingerprint density at radius 3 is 2.81 bits per heavy atom. The molecule has 0 saturated carbocycles. The second-order valence-corrected chi connectivity index (χ2v) is 6.75. The predicted octanol–water partition coefficient (Wildman–Crippen LogP) is 1.01. The fourth-order valence-electron chi connectivity index (χ4n) is 1.77. The highest BCUT2D eigenvalue weighted by Gasteiger charge is 2.19. The molecule has 0 spiro atoms. The normalized spacial score (nSPS) is 11.9. The predicted molar refractivity (Wildman–Crippen MR) is 74.3 cm³/mol. The van der Waals surface area contributed by atoms with Crippen molar-refractivity contribution in [2.75, 3.05) is 0 Å². The Hall–Kier alpha value is -2.37. The monoisotopic (exact) mass is 325 g/mol. The molecule has 0 amide bonds. The van der Waals surface area contributed by atoms with Crippen LogP contribution in [0.1, 0.15) is 0 Å². The minimum absolute atomic E-state index is 0.0793. The van der Waals surface area contributed by atoms with E-state index in [0.29, 0.717) is 16.2 Å². The molecule has 2 heterocycles. The lowest BCUT2D eigenvalue weighted by Gasteiger charge is -1.98. The number of primary sulfonamides is 1. The van der Waals surface area contributed by atoms with Crippen LogP contribution in [0.15, 0.2) is 34.8 Å². The summed E-state index contributed by atoms with van der Waals surface area (Å²) in [6, 6.07) is 5.89. The van der Waals surface area contributed by atoms with E-state index in [2.05, 4.69) is 10.1 Å². The van der Waals surface area contributed by atoms with Gasteiger partial charge in [0.2, 0.25) is 9.30 Å². The van der Waals surface area contributed by atoms with Crippen LogP contribution in [-0.2, 0) is 10.0 Å². The zero-order valence-electron chi connectivity index (χ0n) is 10.2. The fraction of sp³-hybridized carbons (Fsp3) is 0. The number of rotatable bonds is 3. The van der Waals surface area contributed by atoms with E-state index in [-0.39, 0.29) is 10.0 Å². The number of aromatic nitrogens is 3. The quantitative estimate of drug-likeness (QED) is 0.564. The molecule has 0 radical (unpaired) electrons. The average molecular weight is 325 g/mol. The summed E-state index contributed by atoms with van der Waals surface area (Å²) in [5.74, 6) is 0. The molecule has 3 rings (SSSR count). The Bertz CT molecular complexity index is 959. The molecule has 2 aromatic heterocycles. The van der Waals surface area contributed by atoms with Crippen molar-refractivity contribution in [3.63, 3.8) is 0 Å². The third-order valence-electron chi connectivity index (χ3n) is 2.66. The van der Waals surface area contributed by atoms with E-state index >= 15 is 0 Å². The fourth-order valence-corrected chi connectivity index (χ4v) is 3.26. The highest BCUT2D eigenvalue weighted by atomic mass is 32.2. The van der Waals surface area contributed by atoms with Gasteiger partial charge < -0.3 is 0 Å². The van der Waals surface area contributed by atoms with Gasteiger partial charge in [-0.05, 0) is 0 Å². The Morgan fingerprint density at radius 1 is 1.38 bits per heavy atom. The zero-order valence-corrected chi connectivity index (χ0v) is 11.8. The van der Waals surface area contributed by atoms with Crippen molar-refractivity contribution in [1.82, 2.24) is 14.6 Å². The summed E-state index contributed by atoms with van der Waals surface area (Å²) in [5, 5.41) is 19.7. The molecule has 11 heteroatoms. The number of fused-ring (bicyclic) bond motifs is 1. The van der Waals surface area contributed by atoms with Gasteiger partial charge in [-0.25, -0.2) is 23.1 Å². The average Bonchev–Trinajstić information content (AvgIpc) is 2.97. The van der Waals surface area contributed by atoms with E-state index in [0.717, 1.165) is 11.3 Å². The molecular formula is C10H7N5O4S2. The summed E-state index contributed by atoms with van der Waals surface area (Å²) in [6.45, 7) is 0. The topological polar surface area (TPSA) is 133 Å². The van der Waals surface area contributed by atoms with Crippen molar-refractivity contribution in [1.29, 1.82) is 0 Å². The van der Waals surface area contributed by atoms with Crippen LogP contribution >= 0.6 is 11.3 Å². The second kappa shape index (κ2) is 4.58. The Labute approximate surface area is 121 Å². The number of hydrogen-bond donors (Lipinski definition) is 1. The number of nitro groups is 1. The summed E-state index contributed by atoms with van der Waals surface area (Å²) in [5.41, 5.74) is 0.868. The molecule has 0 aliphatic heterocycles. The third kappa shape index (κ3) is 2.37. The molecular weight excluding hydrogens is 318 g/mol. The van der Waals surface area contributed by atoms with Crippen molar-refractivity contribution in [3.05, 3.63) is 40.6 Å². The van der Waals surface area contributed by atoms with Crippen molar-refractivity contribution in [2.24, 2.45) is 5.14 Å². The molecule has 21 heavy (non-hydrogen) atoms. The number of hydrogen-bond acceptors (Lipinski definition) is 7. The van der Waals surface area contributed by atoms with E-state index in [9.17, 15) is 18.5 Å². The van der Waals surface area contributed by atoms with Crippen molar-refractivity contribution < 1.29 is 13.3 Å². The number of non-ortho nitro benzene ring substituents is 1. The van der Waals surface area contributed by atoms with Gasteiger partial charge in [-0.2, -0.15) is 0 Å². The lowest BCUT2D eigenvalue weighted by atomic mass is 10.1. The van der Waals surface area contributed by atoms with Gasteiger partial charge in [0.1, 0.15) is 0 Å². The van der Waals surface area contributed by atoms with Gasteiger partial charge in [-0.1, -0.05) is 23.5 Å². The van der Waals surface area contributed by atoms with Crippen LogP contribution < -0.4 is 5.14 Å². The first kappa shape index (κ1) is 13.6. The van der Waals surface area contributed by atoms with Crippen LogP contribution in [0.5, 0.6) is 0 Å². The summed E-state index contributed by atoms with van der Waals surface area (Å²) in [6.07, 6.45) is 1.46. The SMILES string of the molecule is NS(=O)(=O)c1nn2c(-c3cccc([N+](=O)[O-])c3)cnc2s1. The van der Waals surface area contributed by atoms with E-state index in [1.54, 1.807) is 6.07 Å². The maximum absolute atomic E-state index is 11.3. The van der Waals surface area contributed by atoms with E-state index in [4.69, 9.17) is 5.14 Å². The van der Waals surface area contributed by atoms with Crippen LogP contribution in [-0.4, -0.2) is 27.9 Å². The van der Waals surface area contributed by atoms with Gasteiger partial charge in [0, 0.05) is 17.7 Å². The molecule has 0 saturated heterocycles. The molecule has 0 aliphatic carbocycles. The van der Waals surface area contributed by atoms with Crippen LogP contribution in [0.4, 0.5) is 5.69 Å². The maximum atomic E-state index is 11.3. The number of nitrogens with two attached hydrogens (primary N) is 1. The largest absolute Gasteiger partial charge is 0.270 e. The number of sulfonamides is 1. The number of benzene rings is 1. The lowest BCUT2D eigenvalue weighted by molar-refractivity contribution is -0.384. The highest BCUT2D eigenvalue weighted by Crippen LogP contribution is 2.27. The smallest absolute Gasteiger partial charge is 0.258 e. The molecule has 0 unspecified atom stereocenters. The number of nitrogens with zero attached hydrogens (tertiary/aromatic N) is 4. The molecule has 2 N–H and O–H groups in total. The number of imidazole rings is 1. The van der Waals surface area contributed by atoms with Gasteiger partial charge in [-0.3, -0.25) is 10.1 Å². The molecule has 1 aromatic carbocycles. The summed E-state index contributed by atoms with van der Waals surface area (Å²) in [7, 11) is -3.92. The van der Waals surface area contributed by atoms with Crippen molar-refractivity contribution in [2.45, 2.75) is 4.34 Å². The maximum Gasteiger partial charge on any atom is 0.270 e. The Balaban J connectivity index is 2.19. The zero-order chi connectivity index (χ0) is 15.2. The van der Waals surface area contributed by atoms with Gasteiger partial charge in [0.05, 0.1) is 16.8 Å².